The van der Waals surface area contributed by atoms with Crippen LogP contribution in [0.4, 0.5) is 0 Å². The van der Waals surface area contributed by atoms with E-state index in [-0.39, 0.29) is 28.5 Å². The minimum absolute atomic E-state index is 0.0402. The second-order valence-electron chi connectivity index (χ2n) is 7.31. The first-order chi connectivity index (χ1) is 14.5. The minimum Gasteiger partial charge on any atom is -0.444 e. The third kappa shape index (κ3) is 4.73. The molecule has 1 aliphatic rings. The quantitative estimate of drug-likeness (QED) is 0.543. The molecule has 1 aromatic carbocycles. The molecule has 30 heavy (non-hydrogen) atoms. The summed E-state index contributed by atoms with van der Waals surface area (Å²) in [6.45, 7) is 4.80. The van der Waals surface area contributed by atoms with Crippen molar-refractivity contribution in [2.24, 2.45) is 5.92 Å². The maximum Gasteiger partial charge on any atom is 0.291 e. The van der Waals surface area contributed by atoms with Gasteiger partial charge in [-0.15, -0.1) is 0 Å². The molecular formula is C23H25BrN2O4. The van der Waals surface area contributed by atoms with Gasteiger partial charge in [-0.1, -0.05) is 57.4 Å². The van der Waals surface area contributed by atoms with Gasteiger partial charge < -0.3 is 15.1 Å². The molecule has 6 nitrogen and oxygen atoms in total. The Morgan fingerprint density at radius 1 is 1.03 bits per heavy atom. The van der Waals surface area contributed by atoms with Crippen LogP contribution in [0.25, 0.3) is 0 Å². The standard InChI is InChI=1S/C23H25BrN2O4/c1-3-5-8-14(4-2)13-25-19-20(26-23(29)17-11-12-18(24)30-17)22(28)16-10-7-6-9-15(16)21(19)27/h6-7,9-12,14,25H,3-5,8,13H2,1-2H3,(H,26,29). The maximum absolute atomic E-state index is 13.2. The fraction of sp³-hybridized carbons (Fsp3) is 0.348. The lowest BCUT2D eigenvalue weighted by Crippen LogP contribution is -2.39. The molecule has 7 heteroatoms. The molecule has 0 bridgehead atoms. The van der Waals surface area contributed by atoms with Gasteiger partial charge in [-0.25, -0.2) is 0 Å². The van der Waals surface area contributed by atoms with E-state index in [0.29, 0.717) is 22.7 Å². The van der Waals surface area contributed by atoms with Crippen LogP contribution in [0.5, 0.6) is 0 Å². The third-order valence-corrected chi connectivity index (χ3v) is 5.69. The Bertz CT molecular complexity index is 993. The van der Waals surface area contributed by atoms with E-state index in [1.54, 1.807) is 30.3 Å². The van der Waals surface area contributed by atoms with Crippen LogP contribution in [0.1, 0.15) is 70.8 Å². The number of carbonyl (C=O) groups excluding carboxylic acids is 3. The summed E-state index contributed by atoms with van der Waals surface area (Å²) in [6, 6.07) is 9.73. The number of fused-ring (bicyclic) bond motifs is 1. The fourth-order valence-electron chi connectivity index (χ4n) is 3.46. The van der Waals surface area contributed by atoms with E-state index >= 15 is 0 Å². The van der Waals surface area contributed by atoms with E-state index in [0.717, 1.165) is 25.7 Å². The number of halogens is 1. The van der Waals surface area contributed by atoms with Gasteiger partial charge in [0.25, 0.3) is 5.91 Å². The largest absolute Gasteiger partial charge is 0.444 e. The summed E-state index contributed by atoms with van der Waals surface area (Å²) in [5, 5.41) is 5.77. The molecule has 1 heterocycles. The molecule has 1 aromatic heterocycles. The van der Waals surface area contributed by atoms with Crippen LogP contribution in [0.15, 0.2) is 56.9 Å². The number of hydrogen-bond donors (Lipinski definition) is 2. The average Bonchev–Trinajstić information content (AvgIpc) is 3.20. The van der Waals surface area contributed by atoms with Crippen molar-refractivity contribution in [1.29, 1.82) is 0 Å². The van der Waals surface area contributed by atoms with Crippen LogP contribution in [0.3, 0.4) is 0 Å². The molecule has 1 aliphatic carbocycles. The molecular weight excluding hydrogens is 448 g/mol. The summed E-state index contributed by atoms with van der Waals surface area (Å²) in [4.78, 5) is 38.9. The molecule has 0 saturated carbocycles. The van der Waals surface area contributed by atoms with E-state index in [1.807, 2.05) is 0 Å². The molecule has 0 saturated heterocycles. The lowest BCUT2D eigenvalue weighted by Gasteiger charge is -2.24. The number of allylic oxidation sites excluding steroid dienone is 2. The van der Waals surface area contributed by atoms with E-state index in [9.17, 15) is 14.4 Å². The highest BCUT2D eigenvalue weighted by Crippen LogP contribution is 2.25. The summed E-state index contributed by atoms with van der Waals surface area (Å²) >= 11 is 3.16. The van der Waals surface area contributed by atoms with Crippen molar-refractivity contribution < 1.29 is 18.8 Å². The number of Topliss-reactive ketones (excluding diaryl/α,β-unsaturated/α-hetero) is 2. The molecule has 0 spiro atoms. The zero-order valence-electron chi connectivity index (χ0n) is 17.1. The number of rotatable bonds is 9. The summed E-state index contributed by atoms with van der Waals surface area (Å²) in [6.07, 6.45) is 4.20. The summed E-state index contributed by atoms with van der Waals surface area (Å²) in [5.41, 5.74) is 0.710. The summed E-state index contributed by atoms with van der Waals surface area (Å²) in [5.74, 6) is -0.869. The summed E-state index contributed by atoms with van der Waals surface area (Å²) in [7, 11) is 0. The van der Waals surface area contributed by atoms with E-state index in [2.05, 4.69) is 40.4 Å². The highest BCUT2D eigenvalue weighted by molar-refractivity contribution is 9.10. The number of nitrogens with one attached hydrogen (secondary N) is 2. The van der Waals surface area contributed by atoms with Crippen molar-refractivity contribution in [1.82, 2.24) is 10.6 Å². The molecule has 1 amide bonds. The number of amides is 1. The number of furan rings is 1. The molecule has 0 aliphatic heterocycles. The summed E-state index contributed by atoms with van der Waals surface area (Å²) < 4.78 is 5.68. The van der Waals surface area contributed by atoms with Gasteiger partial charge in [-0.05, 0) is 40.4 Å². The van der Waals surface area contributed by atoms with Crippen LogP contribution >= 0.6 is 15.9 Å². The molecule has 1 unspecified atom stereocenters. The molecule has 2 aromatic rings. The minimum atomic E-state index is -0.589. The topological polar surface area (TPSA) is 88.4 Å². The Morgan fingerprint density at radius 3 is 2.27 bits per heavy atom. The first-order valence-corrected chi connectivity index (χ1v) is 11.0. The monoisotopic (exact) mass is 472 g/mol. The van der Waals surface area contributed by atoms with Gasteiger partial charge >= 0.3 is 0 Å². The number of ketones is 2. The van der Waals surface area contributed by atoms with Crippen LogP contribution in [0.2, 0.25) is 0 Å². The van der Waals surface area contributed by atoms with Gasteiger partial charge in [0.2, 0.25) is 11.6 Å². The van der Waals surface area contributed by atoms with Crippen molar-refractivity contribution in [3.63, 3.8) is 0 Å². The van der Waals surface area contributed by atoms with Crippen molar-refractivity contribution in [3.8, 4) is 0 Å². The first-order valence-electron chi connectivity index (χ1n) is 10.2. The van der Waals surface area contributed by atoms with Crippen LogP contribution in [-0.4, -0.2) is 24.0 Å². The maximum atomic E-state index is 13.2. The fourth-order valence-corrected chi connectivity index (χ4v) is 3.77. The molecule has 158 valence electrons. The molecule has 0 fully saturated rings. The van der Waals surface area contributed by atoms with Crippen LogP contribution in [0, 0.1) is 5.92 Å². The highest BCUT2D eigenvalue weighted by atomic mass is 79.9. The predicted molar refractivity (Wildman–Crippen MR) is 117 cm³/mol. The van der Waals surface area contributed by atoms with Gasteiger partial charge in [-0.2, -0.15) is 0 Å². The van der Waals surface area contributed by atoms with Crippen molar-refractivity contribution >= 4 is 33.4 Å². The number of hydrogen-bond acceptors (Lipinski definition) is 5. The number of unbranched alkanes of at least 4 members (excludes halogenated alkanes) is 1. The third-order valence-electron chi connectivity index (χ3n) is 5.27. The second-order valence-corrected chi connectivity index (χ2v) is 8.09. The smallest absolute Gasteiger partial charge is 0.291 e. The Hall–Kier alpha value is -2.67. The van der Waals surface area contributed by atoms with Crippen molar-refractivity contribution in [3.05, 3.63) is 69.3 Å². The number of benzene rings is 1. The van der Waals surface area contributed by atoms with Crippen LogP contribution < -0.4 is 10.6 Å². The van der Waals surface area contributed by atoms with Gasteiger partial charge in [0.05, 0.1) is 0 Å². The lowest BCUT2D eigenvalue weighted by atomic mass is 9.89. The van der Waals surface area contributed by atoms with Crippen molar-refractivity contribution in [2.75, 3.05) is 6.54 Å². The second kappa shape index (κ2) is 9.89. The van der Waals surface area contributed by atoms with E-state index in [4.69, 9.17) is 4.42 Å². The SMILES string of the molecule is CCCCC(CC)CNC1=C(NC(=O)c2ccc(Br)o2)C(=O)c2ccccc2C1=O. The van der Waals surface area contributed by atoms with Gasteiger partial charge in [0, 0.05) is 17.7 Å². The lowest BCUT2D eigenvalue weighted by molar-refractivity contribution is 0.0899. The molecule has 1 atom stereocenters. The highest BCUT2D eigenvalue weighted by Gasteiger charge is 2.33. The average molecular weight is 473 g/mol. The molecule has 0 radical (unpaired) electrons. The molecule has 2 N–H and O–H groups in total. The van der Waals surface area contributed by atoms with Gasteiger partial charge in [0.15, 0.2) is 10.4 Å². The van der Waals surface area contributed by atoms with Crippen LogP contribution in [-0.2, 0) is 0 Å². The van der Waals surface area contributed by atoms with Crippen molar-refractivity contribution in [2.45, 2.75) is 39.5 Å². The van der Waals surface area contributed by atoms with E-state index in [1.165, 1.54) is 6.07 Å². The molecule has 3 rings (SSSR count). The number of carbonyl (C=O) groups is 3. The Kier molecular flexibility index (Phi) is 7.26. The zero-order valence-corrected chi connectivity index (χ0v) is 18.7. The van der Waals surface area contributed by atoms with Gasteiger partial charge in [0.1, 0.15) is 11.4 Å². The Balaban J connectivity index is 1.92. The zero-order chi connectivity index (χ0) is 21.7. The Labute approximate surface area is 184 Å². The normalized spacial score (nSPS) is 14.5. The Morgan fingerprint density at radius 2 is 1.70 bits per heavy atom. The predicted octanol–water partition coefficient (Wildman–Crippen LogP) is 4.87. The van der Waals surface area contributed by atoms with E-state index < -0.39 is 11.7 Å². The van der Waals surface area contributed by atoms with Gasteiger partial charge in [-0.3, -0.25) is 14.4 Å². The first kappa shape index (κ1) is 22.0.